The summed E-state index contributed by atoms with van der Waals surface area (Å²) < 4.78 is 2.75. The van der Waals surface area contributed by atoms with Crippen molar-refractivity contribution in [3.8, 4) is 0 Å². The number of hydrogen-bond acceptors (Lipinski definition) is 2. The predicted octanol–water partition coefficient (Wildman–Crippen LogP) is 3.97. The van der Waals surface area contributed by atoms with Gasteiger partial charge in [0.25, 0.3) is 5.91 Å². The average Bonchev–Trinajstić information content (AvgIpc) is 2.88. The van der Waals surface area contributed by atoms with E-state index >= 15 is 0 Å². The smallest absolute Gasteiger partial charge is 0.259 e. The van der Waals surface area contributed by atoms with Gasteiger partial charge in [-0.25, -0.2) is 4.52 Å². The van der Waals surface area contributed by atoms with E-state index in [1.165, 1.54) is 0 Å². The molecule has 5 heteroatoms. The number of aryl methyl sites for hydroxylation is 2. The molecule has 3 aromatic rings. The van der Waals surface area contributed by atoms with Crippen molar-refractivity contribution in [2.45, 2.75) is 13.8 Å². The first-order valence-corrected chi connectivity index (χ1v) is 7.36. The third kappa shape index (κ3) is 2.56. The Morgan fingerprint density at radius 2 is 1.95 bits per heavy atom. The van der Waals surface area contributed by atoms with Crippen LogP contribution in [0.4, 0.5) is 5.69 Å². The zero-order valence-corrected chi connectivity index (χ0v) is 13.3. The van der Waals surface area contributed by atoms with Crippen LogP contribution in [-0.4, -0.2) is 15.5 Å². The summed E-state index contributed by atoms with van der Waals surface area (Å²) in [6.45, 7) is 4.00. The summed E-state index contributed by atoms with van der Waals surface area (Å²) in [6, 6.07) is 9.53. The Morgan fingerprint density at radius 1 is 1.24 bits per heavy atom. The Hall–Kier alpha value is -2.14. The van der Waals surface area contributed by atoms with Crippen molar-refractivity contribution in [3.63, 3.8) is 0 Å². The molecule has 0 radical (unpaired) electrons. The molecule has 0 spiro atoms. The third-order valence-corrected chi connectivity index (χ3v) is 4.62. The standard InChI is InChI=1S/C16H14BrN3O/c1-10-7-12(8-11(2)15(10)17)19-16(21)13-9-18-20-6-4-3-5-14(13)20/h3-9H,1-2H3,(H,19,21). The molecule has 1 amide bonds. The Bertz CT molecular complexity index is 815. The number of nitrogens with one attached hydrogen (secondary N) is 1. The minimum Gasteiger partial charge on any atom is -0.322 e. The topological polar surface area (TPSA) is 46.4 Å². The van der Waals surface area contributed by atoms with Crippen molar-refractivity contribution < 1.29 is 4.79 Å². The largest absolute Gasteiger partial charge is 0.322 e. The highest BCUT2D eigenvalue weighted by atomic mass is 79.9. The fourth-order valence-electron chi connectivity index (χ4n) is 2.33. The van der Waals surface area contributed by atoms with Gasteiger partial charge in [0.1, 0.15) is 0 Å². The molecule has 0 unspecified atom stereocenters. The lowest BCUT2D eigenvalue weighted by atomic mass is 10.1. The van der Waals surface area contributed by atoms with Gasteiger partial charge in [-0.2, -0.15) is 5.10 Å². The van der Waals surface area contributed by atoms with Crippen LogP contribution in [-0.2, 0) is 0 Å². The molecular weight excluding hydrogens is 330 g/mol. The molecule has 0 fully saturated rings. The molecular formula is C16H14BrN3O. The van der Waals surface area contributed by atoms with Crippen molar-refractivity contribution in [1.82, 2.24) is 9.61 Å². The molecule has 1 aromatic carbocycles. The maximum atomic E-state index is 12.4. The maximum absolute atomic E-state index is 12.4. The Labute approximate surface area is 130 Å². The number of amides is 1. The van der Waals surface area contributed by atoms with Crippen molar-refractivity contribution in [2.75, 3.05) is 5.32 Å². The summed E-state index contributed by atoms with van der Waals surface area (Å²) in [6.07, 6.45) is 3.41. The van der Waals surface area contributed by atoms with E-state index in [1.807, 2.05) is 50.4 Å². The van der Waals surface area contributed by atoms with Crippen molar-refractivity contribution in [2.24, 2.45) is 0 Å². The minimum atomic E-state index is -0.155. The number of benzene rings is 1. The van der Waals surface area contributed by atoms with E-state index in [9.17, 15) is 4.79 Å². The van der Waals surface area contributed by atoms with Gasteiger partial charge >= 0.3 is 0 Å². The first kappa shape index (κ1) is 13.8. The van der Waals surface area contributed by atoms with E-state index < -0.39 is 0 Å². The molecule has 0 atom stereocenters. The zero-order chi connectivity index (χ0) is 15.0. The van der Waals surface area contributed by atoms with E-state index in [2.05, 4.69) is 26.3 Å². The van der Waals surface area contributed by atoms with Crippen LogP contribution in [0, 0.1) is 13.8 Å². The lowest BCUT2D eigenvalue weighted by molar-refractivity contribution is 0.102. The normalized spacial score (nSPS) is 10.8. The quantitative estimate of drug-likeness (QED) is 0.765. The van der Waals surface area contributed by atoms with Gasteiger partial charge < -0.3 is 5.32 Å². The fourth-order valence-corrected chi connectivity index (χ4v) is 2.55. The number of carbonyl (C=O) groups excluding carboxylic acids is 1. The van der Waals surface area contributed by atoms with Crippen LogP contribution in [0.15, 0.2) is 47.2 Å². The molecule has 106 valence electrons. The van der Waals surface area contributed by atoms with Crippen LogP contribution in [0.3, 0.4) is 0 Å². The van der Waals surface area contributed by atoms with Crippen molar-refractivity contribution in [1.29, 1.82) is 0 Å². The van der Waals surface area contributed by atoms with Gasteiger partial charge in [0, 0.05) is 16.4 Å². The molecule has 0 aliphatic rings. The molecule has 1 N–H and O–H groups in total. The van der Waals surface area contributed by atoms with E-state index in [4.69, 9.17) is 0 Å². The molecule has 4 nitrogen and oxygen atoms in total. The van der Waals surface area contributed by atoms with Crippen LogP contribution >= 0.6 is 15.9 Å². The van der Waals surface area contributed by atoms with Gasteiger partial charge in [0.05, 0.1) is 17.3 Å². The summed E-state index contributed by atoms with van der Waals surface area (Å²) in [7, 11) is 0. The van der Waals surface area contributed by atoms with Gasteiger partial charge in [-0.15, -0.1) is 0 Å². The minimum absolute atomic E-state index is 0.155. The summed E-state index contributed by atoms with van der Waals surface area (Å²) in [5.41, 5.74) is 4.32. The van der Waals surface area contributed by atoms with Crippen LogP contribution in [0.1, 0.15) is 21.5 Å². The van der Waals surface area contributed by atoms with Crippen LogP contribution < -0.4 is 5.32 Å². The van der Waals surface area contributed by atoms with Crippen molar-refractivity contribution in [3.05, 3.63) is 63.9 Å². The summed E-state index contributed by atoms with van der Waals surface area (Å²) in [5.74, 6) is -0.155. The highest BCUT2D eigenvalue weighted by Crippen LogP contribution is 2.25. The van der Waals surface area contributed by atoms with Crippen LogP contribution in [0.5, 0.6) is 0 Å². The molecule has 3 rings (SSSR count). The Balaban J connectivity index is 1.93. The van der Waals surface area contributed by atoms with Gasteiger partial charge in [-0.05, 0) is 49.2 Å². The number of rotatable bonds is 2. The second-order valence-electron chi connectivity index (χ2n) is 4.97. The number of fused-ring (bicyclic) bond motifs is 1. The maximum Gasteiger partial charge on any atom is 0.259 e. The van der Waals surface area contributed by atoms with Crippen LogP contribution in [0.25, 0.3) is 5.52 Å². The molecule has 0 aliphatic heterocycles. The second kappa shape index (κ2) is 5.33. The first-order valence-electron chi connectivity index (χ1n) is 6.57. The number of carbonyl (C=O) groups is 1. The molecule has 0 bridgehead atoms. The van der Waals surface area contributed by atoms with E-state index in [0.717, 1.165) is 26.8 Å². The SMILES string of the molecule is Cc1cc(NC(=O)c2cnn3ccccc23)cc(C)c1Br. The molecule has 21 heavy (non-hydrogen) atoms. The zero-order valence-electron chi connectivity index (χ0n) is 11.7. The molecule has 2 aromatic heterocycles. The number of halogens is 1. The van der Waals surface area contributed by atoms with Gasteiger partial charge in [0.15, 0.2) is 0 Å². The van der Waals surface area contributed by atoms with E-state index in [0.29, 0.717) is 5.56 Å². The third-order valence-electron chi connectivity index (χ3n) is 3.37. The predicted molar refractivity (Wildman–Crippen MR) is 86.8 cm³/mol. The highest BCUT2D eigenvalue weighted by Gasteiger charge is 2.13. The van der Waals surface area contributed by atoms with Gasteiger partial charge in [0.2, 0.25) is 0 Å². The van der Waals surface area contributed by atoms with Gasteiger partial charge in [-0.1, -0.05) is 22.0 Å². The molecule has 2 heterocycles. The molecule has 0 saturated heterocycles. The van der Waals surface area contributed by atoms with Gasteiger partial charge in [-0.3, -0.25) is 4.79 Å². The Morgan fingerprint density at radius 3 is 2.67 bits per heavy atom. The number of pyridine rings is 1. The fraction of sp³-hybridized carbons (Fsp3) is 0.125. The second-order valence-corrected chi connectivity index (χ2v) is 5.76. The lowest BCUT2D eigenvalue weighted by Gasteiger charge is -2.09. The van der Waals surface area contributed by atoms with E-state index in [-0.39, 0.29) is 5.91 Å². The molecule has 0 aliphatic carbocycles. The number of aromatic nitrogens is 2. The number of hydrogen-bond donors (Lipinski definition) is 1. The van der Waals surface area contributed by atoms with E-state index in [1.54, 1.807) is 10.7 Å². The average molecular weight is 344 g/mol. The number of anilines is 1. The first-order chi connectivity index (χ1) is 10.1. The highest BCUT2D eigenvalue weighted by molar-refractivity contribution is 9.10. The van der Waals surface area contributed by atoms with Crippen molar-refractivity contribution >= 4 is 33.0 Å². The summed E-state index contributed by atoms with van der Waals surface area (Å²) >= 11 is 3.52. The summed E-state index contributed by atoms with van der Waals surface area (Å²) in [4.78, 5) is 12.4. The monoisotopic (exact) mass is 343 g/mol. The summed E-state index contributed by atoms with van der Waals surface area (Å²) in [5, 5.41) is 7.11. The Kier molecular flexibility index (Phi) is 3.51. The number of nitrogens with zero attached hydrogens (tertiary/aromatic N) is 2. The lowest BCUT2D eigenvalue weighted by Crippen LogP contribution is -2.12. The molecule has 0 saturated carbocycles. The van der Waals surface area contributed by atoms with Crippen LogP contribution in [0.2, 0.25) is 0 Å².